The van der Waals surface area contributed by atoms with E-state index in [0.29, 0.717) is 25.4 Å². The van der Waals surface area contributed by atoms with Crippen molar-refractivity contribution < 1.29 is 37.0 Å². The minimum Gasteiger partial charge on any atom is -0.462 e. The van der Waals surface area contributed by atoms with Crippen molar-refractivity contribution in [3.8, 4) is 0 Å². The van der Waals surface area contributed by atoms with Gasteiger partial charge < -0.3 is 18.9 Å². The Morgan fingerprint density at radius 3 is 2.06 bits per heavy atom. The molecule has 1 unspecified atom stereocenters. The highest BCUT2D eigenvalue weighted by molar-refractivity contribution is 7.93. The van der Waals surface area contributed by atoms with Crippen LogP contribution in [0.25, 0.3) is 0 Å². The molecule has 0 aliphatic rings. The summed E-state index contributed by atoms with van der Waals surface area (Å²) >= 11 is 0. The van der Waals surface area contributed by atoms with Crippen LogP contribution >= 0.6 is 0 Å². The molecule has 198 valence electrons. The summed E-state index contributed by atoms with van der Waals surface area (Å²) in [6.07, 6.45) is -0.144. The molecule has 0 saturated heterocycles. The molecule has 0 N–H and O–H groups in total. The fourth-order valence-electron chi connectivity index (χ4n) is 3.33. The van der Waals surface area contributed by atoms with Crippen molar-refractivity contribution in [3.05, 3.63) is 71.8 Å². The van der Waals surface area contributed by atoms with Gasteiger partial charge in [-0.05, 0) is 31.9 Å². The van der Waals surface area contributed by atoms with Crippen LogP contribution < -0.4 is 0 Å². The second kappa shape index (κ2) is 14.7. The third-order valence-corrected chi connectivity index (χ3v) is 8.22. The molecule has 0 bridgehead atoms. The van der Waals surface area contributed by atoms with Gasteiger partial charge in [0.05, 0.1) is 32.0 Å². The molecule has 0 spiro atoms. The summed E-state index contributed by atoms with van der Waals surface area (Å²) in [4.78, 5) is 25.3. The summed E-state index contributed by atoms with van der Waals surface area (Å²) in [6, 6.07) is 18.1. The summed E-state index contributed by atoms with van der Waals surface area (Å²) in [5.41, 5.74) is 1.50. The second-order valence-corrected chi connectivity index (χ2v) is 11.3. The number of hydrogen-bond acceptors (Lipinski definition) is 8. The molecule has 0 radical (unpaired) electrons. The molecule has 2 rings (SSSR count). The van der Waals surface area contributed by atoms with Crippen LogP contribution in [0, 0.1) is 0 Å². The first-order valence-electron chi connectivity index (χ1n) is 12.0. The Labute approximate surface area is 213 Å². The monoisotopic (exact) mass is 520 g/mol. The third kappa shape index (κ3) is 9.37. The Hall–Kier alpha value is -2.75. The van der Waals surface area contributed by atoms with Crippen LogP contribution in [0.4, 0.5) is 0 Å². The molecule has 0 aliphatic heterocycles. The maximum absolute atomic E-state index is 13.3. The lowest BCUT2D eigenvalue weighted by atomic mass is 9.98. The Morgan fingerprint density at radius 2 is 1.42 bits per heavy atom. The number of hydrogen-bond donors (Lipinski definition) is 0. The maximum atomic E-state index is 13.3. The molecule has 36 heavy (non-hydrogen) atoms. The van der Waals surface area contributed by atoms with E-state index in [4.69, 9.17) is 18.9 Å². The Bertz CT molecular complexity index is 1040. The van der Waals surface area contributed by atoms with Crippen molar-refractivity contribution in [2.45, 2.75) is 44.5 Å². The zero-order chi connectivity index (χ0) is 26.4. The number of carbonyl (C=O) groups excluding carboxylic acids is 2. The lowest BCUT2D eigenvalue weighted by Gasteiger charge is -2.26. The van der Waals surface area contributed by atoms with Crippen molar-refractivity contribution in [2.75, 3.05) is 38.8 Å². The average Bonchev–Trinajstić information content (AvgIpc) is 2.87. The van der Waals surface area contributed by atoms with E-state index in [0.717, 1.165) is 5.56 Å². The van der Waals surface area contributed by atoms with Gasteiger partial charge in [0.15, 0.2) is 14.6 Å². The molecule has 8 nitrogen and oxygen atoms in total. The molecule has 0 saturated carbocycles. The van der Waals surface area contributed by atoms with Gasteiger partial charge in [0.1, 0.15) is 13.2 Å². The van der Waals surface area contributed by atoms with E-state index < -0.39 is 38.2 Å². The molecule has 0 aliphatic carbocycles. The molecule has 0 fully saturated rings. The predicted molar refractivity (Wildman–Crippen MR) is 136 cm³/mol. The van der Waals surface area contributed by atoms with E-state index in [9.17, 15) is 18.0 Å². The highest BCUT2D eigenvalue weighted by Gasteiger charge is 2.44. The van der Waals surface area contributed by atoms with Gasteiger partial charge in [0.25, 0.3) is 0 Å². The highest BCUT2D eigenvalue weighted by Crippen LogP contribution is 2.29. The summed E-state index contributed by atoms with van der Waals surface area (Å²) in [7, 11) is -4.02. The molecule has 0 amide bonds. The molecule has 2 aromatic rings. The van der Waals surface area contributed by atoms with Gasteiger partial charge >= 0.3 is 11.9 Å². The van der Waals surface area contributed by atoms with E-state index in [1.165, 1.54) is 13.8 Å². The topological polar surface area (TPSA) is 105 Å². The Balaban J connectivity index is 2.01. The van der Waals surface area contributed by atoms with E-state index in [1.807, 2.05) is 37.3 Å². The number of sulfone groups is 1. The fourth-order valence-corrected chi connectivity index (χ4v) is 4.90. The minimum absolute atomic E-state index is 0.0716. The van der Waals surface area contributed by atoms with E-state index in [2.05, 4.69) is 0 Å². The molecule has 0 aromatic heterocycles. The van der Waals surface area contributed by atoms with Gasteiger partial charge in [0.2, 0.25) is 0 Å². The number of esters is 2. The first-order chi connectivity index (χ1) is 17.2. The standard InChI is InChI=1S/C27H36O8S/c1-4-32-15-16-33-17-18-34-26(29)27(2,3)36(30,31)21-24(23-13-9-6-10-14-23)19-25(28)35-20-22-11-7-5-8-12-22/h5-14,24H,4,15-21H2,1-3H3. The summed E-state index contributed by atoms with van der Waals surface area (Å²) < 4.78 is 45.9. The van der Waals surface area contributed by atoms with Gasteiger partial charge in [0, 0.05) is 12.5 Å². The van der Waals surface area contributed by atoms with Crippen LogP contribution in [0.5, 0.6) is 0 Å². The zero-order valence-corrected chi connectivity index (χ0v) is 22.0. The van der Waals surface area contributed by atoms with Crippen molar-refractivity contribution in [2.24, 2.45) is 0 Å². The molecule has 1 atom stereocenters. The summed E-state index contributed by atoms with van der Waals surface area (Å²) in [5.74, 6) is -2.49. The maximum Gasteiger partial charge on any atom is 0.326 e. The number of carbonyl (C=O) groups is 2. The predicted octanol–water partition coefficient (Wildman–Crippen LogP) is 3.69. The van der Waals surface area contributed by atoms with Crippen LogP contribution in [0.1, 0.15) is 44.2 Å². The van der Waals surface area contributed by atoms with Crippen LogP contribution in [0.2, 0.25) is 0 Å². The van der Waals surface area contributed by atoms with Crippen molar-refractivity contribution in [1.82, 2.24) is 0 Å². The summed E-state index contributed by atoms with van der Waals surface area (Å²) in [6.45, 7) is 6.03. The van der Waals surface area contributed by atoms with Crippen LogP contribution in [-0.4, -0.2) is 63.9 Å². The van der Waals surface area contributed by atoms with Crippen molar-refractivity contribution in [1.29, 1.82) is 0 Å². The fraction of sp³-hybridized carbons (Fsp3) is 0.481. The van der Waals surface area contributed by atoms with Crippen molar-refractivity contribution in [3.63, 3.8) is 0 Å². The van der Waals surface area contributed by atoms with Crippen molar-refractivity contribution >= 4 is 21.8 Å². The van der Waals surface area contributed by atoms with Gasteiger partial charge in [-0.15, -0.1) is 0 Å². The second-order valence-electron chi connectivity index (χ2n) is 8.69. The molecule has 0 heterocycles. The number of benzene rings is 2. The first kappa shape index (κ1) is 29.5. The van der Waals surface area contributed by atoms with Gasteiger partial charge in [-0.2, -0.15) is 0 Å². The van der Waals surface area contributed by atoms with Crippen LogP contribution in [-0.2, 0) is 45.0 Å². The Morgan fingerprint density at radius 1 is 0.833 bits per heavy atom. The number of rotatable bonds is 16. The molecule has 9 heteroatoms. The van der Waals surface area contributed by atoms with E-state index in [-0.39, 0.29) is 26.2 Å². The largest absolute Gasteiger partial charge is 0.462 e. The van der Waals surface area contributed by atoms with E-state index in [1.54, 1.807) is 30.3 Å². The third-order valence-electron chi connectivity index (χ3n) is 5.65. The lowest BCUT2D eigenvalue weighted by molar-refractivity contribution is -0.147. The molecule has 2 aromatic carbocycles. The van der Waals surface area contributed by atoms with Crippen LogP contribution in [0.15, 0.2) is 60.7 Å². The Kier molecular flexibility index (Phi) is 12.1. The lowest BCUT2D eigenvalue weighted by Crippen LogP contribution is -2.44. The number of ether oxygens (including phenoxy) is 4. The normalized spacial score (nSPS) is 12.6. The van der Waals surface area contributed by atoms with E-state index >= 15 is 0 Å². The van der Waals surface area contributed by atoms with Gasteiger partial charge in [-0.3, -0.25) is 9.59 Å². The summed E-state index contributed by atoms with van der Waals surface area (Å²) in [5, 5.41) is 0. The average molecular weight is 521 g/mol. The van der Waals surface area contributed by atoms with Crippen LogP contribution in [0.3, 0.4) is 0 Å². The molecular weight excluding hydrogens is 484 g/mol. The van der Waals surface area contributed by atoms with Gasteiger partial charge in [-0.1, -0.05) is 60.7 Å². The quantitative estimate of drug-likeness (QED) is 0.244. The zero-order valence-electron chi connectivity index (χ0n) is 21.2. The van der Waals surface area contributed by atoms with Gasteiger partial charge in [-0.25, -0.2) is 8.42 Å². The smallest absolute Gasteiger partial charge is 0.326 e. The highest BCUT2D eigenvalue weighted by atomic mass is 32.2. The minimum atomic E-state index is -4.02. The SMILES string of the molecule is CCOCCOCCOC(=O)C(C)(C)S(=O)(=O)CC(CC(=O)OCc1ccccc1)c1ccccc1. The first-order valence-corrected chi connectivity index (χ1v) is 13.6. The molecular formula is C27H36O8S.